The Balaban J connectivity index is 1.59. The molecule has 1 aliphatic carbocycles. The normalized spacial score (nSPS) is 19.2. The van der Waals surface area contributed by atoms with E-state index in [1.54, 1.807) is 10.8 Å². The van der Waals surface area contributed by atoms with E-state index in [1.807, 2.05) is 13.0 Å². The van der Waals surface area contributed by atoms with E-state index in [9.17, 15) is 4.79 Å². The van der Waals surface area contributed by atoms with Crippen LogP contribution in [0.25, 0.3) is 15.9 Å². The largest absolute Gasteiger partial charge is 0.465 e. The fraction of sp³-hybridized carbons (Fsp3) is 0.263. The molecule has 26 heavy (non-hydrogen) atoms. The maximum absolute atomic E-state index is 12.0. The van der Waals surface area contributed by atoms with Crippen molar-refractivity contribution in [3.05, 3.63) is 58.5 Å². The third kappa shape index (κ3) is 2.24. The number of benzene rings is 1. The molecular weight excluding hydrogens is 348 g/mol. The molecule has 2 unspecified atom stereocenters. The van der Waals surface area contributed by atoms with Crippen LogP contribution < -0.4 is 0 Å². The Hall–Kier alpha value is -2.80. The minimum atomic E-state index is -0.338. The fourth-order valence-corrected chi connectivity index (χ4v) is 4.61. The van der Waals surface area contributed by atoms with Gasteiger partial charge in [-0.15, -0.1) is 16.4 Å². The molecule has 0 aliphatic heterocycles. The topological polar surface area (TPSA) is 69.4 Å². The molecule has 1 aliphatic rings. The van der Waals surface area contributed by atoms with Crippen LogP contribution >= 0.6 is 11.3 Å². The Kier molecular flexibility index (Phi) is 3.33. The van der Waals surface area contributed by atoms with Gasteiger partial charge in [-0.2, -0.15) is 0 Å². The molecule has 3 aromatic heterocycles. The number of carbonyl (C=O) groups excluding carboxylic acids is 1. The number of aryl methyl sites for hydroxylation is 1. The first-order valence-corrected chi connectivity index (χ1v) is 9.26. The quantitative estimate of drug-likeness (QED) is 0.518. The third-order valence-electron chi connectivity index (χ3n) is 5.00. The summed E-state index contributed by atoms with van der Waals surface area (Å²) >= 11 is 1.34. The molecular formula is C19H16N4O2S. The summed E-state index contributed by atoms with van der Waals surface area (Å²) in [6, 6.07) is 10.5. The molecule has 0 spiro atoms. The molecule has 3 heterocycles. The number of nitrogens with zero attached hydrogens (tertiary/aromatic N) is 4. The Labute approximate surface area is 153 Å². The van der Waals surface area contributed by atoms with E-state index < -0.39 is 0 Å². The van der Waals surface area contributed by atoms with Crippen LogP contribution in [0.5, 0.6) is 0 Å². The molecule has 5 rings (SSSR count). The number of aromatic nitrogens is 4. The van der Waals surface area contributed by atoms with Crippen molar-refractivity contribution < 1.29 is 9.53 Å². The third-order valence-corrected chi connectivity index (χ3v) is 6.18. The summed E-state index contributed by atoms with van der Waals surface area (Å²) in [6.07, 6.45) is 2.73. The molecule has 6 nitrogen and oxygen atoms in total. The van der Waals surface area contributed by atoms with Crippen molar-refractivity contribution in [3.8, 4) is 0 Å². The highest BCUT2D eigenvalue weighted by Crippen LogP contribution is 2.53. The number of esters is 1. The standard InChI is InChI=1S/C19H16N4O2S/c1-10-14-17-21-16(13-8-12(13)11-6-4-3-5-7-11)22-23(17)9-20-18(14)26-15(10)19(24)25-2/h3-7,9,12-13H,8H2,1-2H3. The van der Waals surface area contributed by atoms with Crippen LogP contribution in [0.15, 0.2) is 36.7 Å². The second kappa shape index (κ2) is 5.60. The Morgan fingerprint density at radius 3 is 2.85 bits per heavy atom. The average Bonchev–Trinajstić information content (AvgIpc) is 3.24. The Bertz CT molecular complexity index is 1150. The second-order valence-corrected chi connectivity index (χ2v) is 7.57. The van der Waals surface area contributed by atoms with Gasteiger partial charge in [0.2, 0.25) is 0 Å². The average molecular weight is 364 g/mol. The number of hydrogen-bond acceptors (Lipinski definition) is 6. The predicted octanol–water partition coefficient (Wildman–Crippen LogP) is 3.71. The highest BCUT2D eigenvalue weighted by molar-refractivity contribution is 7.20. The highest BCUT2D eigenvalue weighted by atomic mass is 32.1. The van der Waals surface area contributed by atoms with E-state index in [1.165, 1.54) is 24.0 Å². The first-order chi connectivity index (χ1) is 12.7. The Morgan fingerprint density at radius 1 is 1.27 bits per heavy atom. The number of fused-ring (bicyclic) bond motifs is 3. The molecule has 1 fully saturated rings. The molecule has 1 aromatic carbocycles. The van der Waals surface area contributed by atoms with Gasteiger partial charge in [0, 0.05) is 5.92 Å². The summed E-state index contributed by atoms with van der Waals surface area (Å²) in [6.45, 7) is 1.91. The number of carbonyl (C=O) groups is 1. The van der Waals surface area contributed by atoms with Crippen molar-refractivity contribution in [2.75, 3.05) is 7.11 Å². The van der Waals surface area contributed by atoms with E-state index in [-0.39, 0.29) is 5.97 Å². The van der Waals surface area contributed by atoms with Gasteiger partial charge in [-0.1, -0.05) is 30.3 Å². The maximum Gasteiger partial charge on any atom is 0.348 e. The minimum Gasteiger partial charge on any atom is -0.465 e. The van der Waals surface area contributed by atoms with Gasteiger partial charge in [0.25, 0.3) is 0 Å². The van der Waals surface area contributed by atoms with E-state index in [4.69, 9.17) is 9.72 Å². The number of hydrogen-bond donors (Lipinski definition) is 0. The van der Waals surface area contributed by atoms with Gasteiger partial charge in [-0.25, -0.2) is 19.3 Å². The van der Waals surface area contributed by atoms with Crippen molar-refractivity contribution in [1.29, 1.82) is 0 Å². The number of thiophene rings is 1. The molecule has 130 valence electrons. The zero-order chi connectivity index (χ0) is 17.8. The summed E-state index contributed by atoms with van der Waals surface area (Å²) in [4.78, 5) is 22.6. The molecule has 0 amide bonds. The molecule has 0 bridgehead atoms. The molecule has 4 aromatic rings. The lowest BCUT2D eigenvalue weighted by atomic mass is 10.1. The molecule has 1 saturated carbocycles. The van der Waals surface area contributed by atoms with Crippen molar-refractivity contribution in [3.63, 3.8) is 0 Å². The zero-order valence-corrected chi connectivity index (χ0v) is 15.2. The summed E-state index contributed by atoms with van der Waals surface area (Å²) in [7, 11) is 1.39. The van der Waals surface area contributed by atoms with Crippen LogP contribution in [-0.2, 0) is 4.74 Å². The summed E-state index contributed by atoms with van der Waals surface area (Å²) < 4.78 is 6.60. The van der Waals surface area contributed by atoms with Crippen LogP contribution in [0, 0.1) is 6.92 Å². The lowest BCUT2D eigenvalue weighted by Crippen LogP contribution is -1.99. The predicted molar refractivity (Wildman–Crippen MR) is 98.8 cm³/mol. The van der Waals surface area contributed by atoms with Gasteiger partial charge in [0.15, 0.2) is 11.5 Å². The lowest BCUT2D eigenvalue weighted by Gasteiger charge is -1.96. The van der Waals surface area contributed by atoms with Crippen LogP contribution in [0.3, 0.4) is 0 Å². The van der Waals surface area contributed by atoms with Gasteiger partial charge >= 0.3 is 5.97 Å². The van der Waals surface area contributed by atoms with Gasteiger partial charge < -0.3 is 4.74 Å². The van der Waals surface area contributed by atoms with Gasteiger partial charge in [0.05, 0.1) is 12.5 Å². The van der Waals surface area contributed by atoms with Crippen LogP contribution in [0.4, 0.5) is 0 Å². The maximum atomic E-state index is 12.0. The minimum absolute atomic E-state index is 0.338. The van der Waals surface area contributed by atoms with Crippen LogP contribution in [-0.4, -0.2) is 32.7 Å². The number of rotatable bonds is 3. The van der Waals surface area contributed by atoms with Gasteiger partial charge in [0.1, 0.15) is 16.0 Å². The van der Waals surface area contributed by atoms with E-state index >= 15 is 0 Å². The van der Waals surface area contributed by atoms with Gasteiger partial charge in [-0.3, -0.25) is 0 Å². The summed E-state index contributed by atoms with van der Waals surface area (Å²) in [5.41, 5.74) is 2.94. The van der Waals surface area contributed by atoms with Gasteiger partial charge in [-0.05, 0) is 30.4 Å². The molecule has 7 heteroatoms. The van der Waals surface area contributed by atoms with Crippen molar-refractivity contribution in [1.82, 2.24) is 19.6 Å². The van der Waals surface area contributed by atoms with Crippen molar-refractivity contribution >= 4 is 33.2 Å². The fourth-order valence-electron chi connectivity index (χ4n) is 3.54. The number of methoxy groups -OCH3 is 1. The first kappa shape index (κ1) is 15.5. The van der Waals surface area contributed by atoms with E-state index in [0.29, 0.717) is 16.7 Å². The second-order valence-electron chi connectivity index (χ2n) is 6.57. The Morgan fingerprint density at radius 2 is 2.08 bits per heavy atom. The van der Waals surface area contributed by atoms with E-state index in [0.717, 1.165) is 33.7 Å². The monoisotopic (exact) mass is 364 g/mol. The zero-order valence-electron chi connectivity index (χ0n) is 14.3. The summed E-state index contributed by atoms with van der Waals surface area (Å²) in [5, 5.41) is 5.53. The smallest absolute Gasteiger partial charge is 0.348 e. The van der Waals surface area contributed by atoms with Crippen molar-refractivity contribution in [2.24, 2.45) is 0 Å². The molecule has 0 radical (unpaired) electrons. The van der Waals surface area contributed by atoms with Crippen LogP contribution in [0.1, 0.15) is 44.9 Å². The summed E-state index contributed by atoms with van der Waals surface area (Å²) in [5.74, 6) is 1.32. The van der Waals surface area contributed by atoms with Crippen molar-refractivity contribution in [2.45, 2.75) is 25.2 Å². The van der Waals surface area contributed by atoms with Crippen LogP contribution in [0.2, 0.25) is 0 Å². The first-order valence-electron chi connectivity index (χ1n) is 8.45. The molecule has 0 N–H and O–H groups in total. The molecule has 0 saturated heterocycles. The highest BCUT2D eigenvalue weighted by Gasteiger charge is 2.42. The lowest BCUT2D eigenvalue weighted by molar-refractivity contribution is 0.0605. The number of ether oxygens (including phenoxy) is 1. The SMILES string of the molecule is COC(=O)c1sc2ncn3nc(C4CC4c4ccccc4)nc3c2c1C. The molecule has 2 atom stereocenters. The van der Waals surface area contributed by atoms with E-state index in [2.05, 4.69) is 34.3 Å².